The quantitative estimate of drug-likeness (QED) is 0.746. The fraction of sp³-hybridized carbons (Fsp3) is 0.846. The minimum absolute atomic E-state index is 0.0611. The van der Waals surface area contributed by atoms with Crippen molar-refractivity contribution >= 4 is 11.9 Å². The molecule has 1 aliphatic rings. The first-order chi connectivity index (χ1) is 8.52. The lowest BCUT2D eigenvalue weighted by Gasteiger charge is -2.32. The maximum absolute atomic E-state index is 12.4. The van der Waals surface area contributed by atoms with Crippen LogP contribution in [0.4, 0.5) is 0 Å². The van der Waals surface area contributed by atoms with Crippen LogP contribution in [0, 0.1) is 5.92 Å². The van der Waals surface area contributed by atoms with Gasteiger partial charge in [0.05, 0.1) is 5.92 Å². The Labute approximate surface area is 109 Å². The largest absolute Gasteiger partial charge is 0.481 e. The molecule has 1 aliphatic heterocycles. The lowest BCUT2D eigenvalue weighted by Crippen LogP contribution is -2.46. The van der Waals surface area contributed by atoms with Crippen molar-refractivity contribution in [3.05, 3.63) is 0 Å². The molecule has 5 nitrogen and oxygen atoms in total. The molecule has 0 bridgehead atoms. The molecule has 1 atom stereocenters. The number of nitrogens with one attached hydrogen (secondary N) is 1. The number of piperidine rings is 1. The molecule has 1 heterocycles. The second kappa shape index (κ2) is 7.36. The van der Waals surface area contributed by atoms with Gasteiger partial charge < -0.3 is 15.3 Å². The van der Waals surface area contributed by atoms with E-state index in [0.29, 0.717) is 13.0 Å². The maximum Gasteiger partial charge on any atom is 0.303 e. The summed E-state index contributed by atoms with van der Waals surface area (Å²) < 4.78 is 0. The third-order valence-corrected chi connectivity index (χ3v) is 3.34. The number of carbonyl (C=O) groups is 2. The standard InChI is InChI=1S/C13H24N2O3/c1-10(2)15(8-4-6-12(16)17)13(18)11-5-3-7-14-9-11/h10-11,14H,3-9H2,1-2H3,(H,16,17). The number of carboxylic acids is 1. The van der Waals surface area contributed by atoms with Crippen LogP contribution in [0.25, 0.3) is 0 Å². The fourth-order valence-electron chi connectivity index (χ4n) is 2.32. The first-order valence-electron chi connectivity index (χ1n) is 6.75. The Morgan fingerprint density at radius 1 is 1.44 bits per heavy atom. The summed E-state index contributed by atoms with van der Waals surface area (Å²) in [6.45, 7) is 6.24. The molecule has 0 spiro atoms. The highest BCUT2D eigenvalue weighted by Crippen LogP contribution is 2.15. The van der Waals surface area contributed by atoms with Gasteiger partial charge in [0.2, 0.25) is 5.91 Å². The molecule has 2 N–H and O–H groups in total. The molecule has 5 heteroatoms. The van der Waals surface area contributed by atoms with E-state index >= 15 is 0 Å². The lowest BCUT2D eigenvalue weighted by molar-refractivity contribution is -0.140. The third-order valence-electron chi connectivity index (χ3n) is 3.34. The number of aliphatic carboxylic acids is 1. The third kappa shape index (κ3) is 4.64. The summed E-state index contributed by atoms with van der Waals surface area (Å²) in [7, 11) is 0. The summed E-state index contributed by atoms with van der Waals surface area (Å²) in [5, 5.41) is 11.9. The Kier molecular flexibility index (Phi) is 6.12. The molecule has 1 amide bonds. The first-order valence-corrected chi connectivity index (χ1v) is 6.75. The highest BCUT2D eigenvalue weighted by Gasteiger charge is 2.27. The fourth-order valence-corrected chi connectivity index (χ4v) is 2.32. The van der Waals surface area contributed by atoms with Gasteiger partial charge in [-0.15, -0.1) is 0 Å². The van der Waals surface area contributed by atoms with Gasteiger partial charge in [0.15, 0.2) is 0 Å². The van der Waals surface area contributed by atoms with Crippen LogP contribution in [0.15, 0.2) is 0 Å². The van der Waals surface area contributed by atoms with Gasteiger partial charge in [-0.2, -0.15) is 0 Å². The Balaban J connectivity index is 2.48. The van der Waals surface area contributed by atoms with E-state index in [4.69, 9.17) is 5.11 Å². The second-order valence-electron chi connectivity index (χ2n) is 5.17. The molecule has 0 aromatic heterocycles. The number of hydrogen-bond donors (Lipinski definition) is 2. The molecule has 0 aromatic carbocycles. The summed E-state index contributed by atoms with van der Waals surface area (Å²) >= 11 is 0. The highest BCUT2D eigenvalue weighted by atomic mass is 16.4. The van der Waals surface area contributed by atoms with Gasteiger partial charge in [0, 0.05) is 25.6 Å². The Bertz CT molecular complexity index is 286. The normalized spacial score (nSPS) is 19.8. The average molecular weight is 256 g/mol. The Morgan fingerprint density at radius 3 is 2.67 bits per heavy atom. The molecule has 0 aromatic rings. The lowest BCUT2D eigenvalue weighted by atomic mass is 9.97. The van der Waals surface area contributed by atoms with Crippen molar-refractivity contribution in [3.63, 3.8) is 0 Å². The molecular formula is C13H24N2O3. The zero-order valence-corrected chi connectivity index (χ0v) is 11.3. The molecule has 0 radical (unpaired) electrons. The number of rotatable bonds is 6. The summed E-state index contributed by atoms with van der Waals surface area (Å²) in [6.07, 6.45) is 2.63. The average Bonchev–Trinajstić information content (AvgIpc) is 2.34. The van der Waals surface area contributed by atoms with Crippen molar-refractivity contribution < 1.29 is 14.7 Å². The Hall–Kier alpha value is -1.10. The van der Waals surface area contributed by atoms with Gasteiger partial charge in [0.1, 0.15) is 0 Å². The molecule has 104 valence electrons. The molecule has 1 rings (SSSR count). The van der Waals surface area contributed by atoms with E-state index in [1.165, 1.54) is 0 Å². The topological polar surface area (TPSA) is 69.6 Å². The maximum atomic E-state index is 12.4. The van der Waals surface area contributed by atoms with E-state index in [-0.39, 0.29) is 24.3 Å². The monoisotopic (exact) mass is 256 g/mol. The van der Waals surface area contributed by atoms with Crippen molar-refractivity contribution in [2.24, 2.45) is 5.92 Å². The van der Waals surface area contributed by atoms with Crippen LogP contribution in [0.3, 0.4) is 0 Å². The number of carboxylic acid groups (broad SMARTS) is 1. The molecule has 0 saturated carbocycles. The summed E-state index contributed by atoms with van der Waals surface area (Å²) in [4.78, 5) is 24.7. The summed E-state index contributed by atoms with van der Waals surface area (Å²) in [5.41, 5.74) is 0. The van der Waals surface area contributed by atoms with Gasteiger partial charge in [0.25, 0.3) is 0 Å². The van der Waals surface area contributed by atoms with Crippen LogP contribution in [-0.4, -0.2) is 47.6 Å². The van der Waals surface area contributed by atoms with Gasteiger partial charge in [-0.05, 0) is 39.7 Å². The summed E-state index contributed by atoms with van der Waals surface area (Å²) in [6, 6.07) is 0.133. The molecule has 1 unspecified atom stereocenters. The van der Waals surface area contributed by atoms with Crippen LogP contribution in [0.1, 0.15) is 39.5 Å². The SMILES string of the molecule is CC(C)N(CCCC(=O)O)C(=O)C1CCCNC1. The van der Waals surface area contributed by atoms with Gasteiger partial charge in [-0.3, -0.25) is 9.59 Å². The van der Waals surface area contributed by atoms with Gasteiger partial charge >= 0.3 is 5.97 Å². The number of hydrogen-bond acceptors (Lipinski definition) is 3. The van der Waals surface area contributed by atoms with E-state index in [9.17, 15) is 9.59 Å². The van der Waals surface area contributed by atoms with Gasteiger partial charge in [-0.1, -0.05) is 0 Å². The van der Waals surface area contributed by atoms with Crippen LogP contribution in [0.2, 0.25) is 0 Å². The molecule has 0 aliphatic carbocycles. The van der Waals surface area contributed by atoms with Gasteiger partial charge in [-0.25, -0.2) is 0 Å². The second-order valence-corrected chi connectivity index (χ2v) is 5.17. The van der Waals surface area contributed by atoms with E-state index in [1.54, 1.807) is 0 Å². The van der Waals surface area contributed by atoms with Crippen molar-refractivity contribution in [2.45, 2.75) is 45.6 Å². The van der Waals surface area contributed by atoms with E-state index in [2.05, 4.69) is 5.32 Å². The van der Waals surface area contributed by atoms with Crippen molar-refractivity contribution in [1.82, 2.24) is 10.2 Å². The van der Waals surface area contributed by atoms with E-state index < -0.39 is 5.97 Å². The smallest absolute Gasteiger partial charge is 0.303 e. The first kappa shape index (κ1) is 15.0. The zero-order chi connectivity index (χ0) is 13.5. The number of amides is 1. The Morgan fingerprint density at radius 2 is 2.17 bits per heavy atom. The van der Waals surface area contributed by atoms with Crippen molar-refractivity contribution in [1.29, 1.82) is 0 Å². The minimum atomic E-state index is -0.800. The predicted molar refractivity (Wildman–Crippen MR) is 69.3 cm³/mol. The minimum Gasteiger partial charge on any atom is -0.481 e. The van der Waals surface area contributed by atoms with Crippen molar-refractivity contribution in [2.75, 3.05) is 19.6 Å². The summed E-state index contributed by atoms with van der Waals surface area (Å²) in [5.74, 6) is -0.570. The predicted octanol–water partition coefficient (Wildman–Crippen LogP) is 1.09. The van der Waals surface area contributed by atoms with Crippen LogP contribution < -0.4 is 5.32 Å². The van der Waals surface area contributed by atoms with E-state index in [0.717, 1.165) is 25.9 Å². The van der Waals surface area contributed by atoms with Crippen LogP contribution >= 0.6 is 0 Å². The molecular weight excluding hydrogens is 232 g/mol. The molecule has 1 fully saturated rings. The van der Waals surface area contributed by atoms with Crippen LogP contribution in [-0.2, 0) is 9.59 Å². The molecule has 18 heavy (non-hydrogen) atoms. The van der Waals surface area contributed by atoms with E-state index in [1.807, 2.05) is 18.7 Å². The number of carbonyl (C=O) groups excluding carboxylic acids is 1. The highest BCUT2D eigenvalue weighted by molar-refractivity contribution is 5.79. The van der Waals surface area contributed by atoms with Crippen molar-refractivity contribution in [3.8, 4) is 0 Å². The van der Waals surface area contributed by atoms with Crippen LogP contribution in [0.5, 0.6) is 0 Å². The molecule has 1 saturated heterocycles. The number of nitrogens with zero attached hydrogens (tertiary/aromatic N) is 1. The zero-order valence-electron chi connectivity index (χ0n) is 11.3.